The van der Waals surface area contributed by atoms with E-state index >= 15 is 0 Å². The van der Waals surface area contributed by atoms with Crippen LogP contribution in [-0.4, -0.2) is 31.8 Å². The van der Waals surface area contributed by atoms with Crippen LogP contribution in [0.2, 0.25) is 0 Å². The predicted molar refractivity (Wildman–Crippen MR) is 140 cm³/mol. The van der Waals surface area contributed by atoms with E-state index in [1.807, 2.05) is 75.3 Å². The monoisotopic (exact) mass is 468 g/mol. The summed E-state index contributed by atoms with van der Waals surface area (Å²) in [6.07, 6.45) is 0. The summed E-state index contributed by atoms with van der Waals surface area (Å²) < 4.78 is 0. The van der Waals surface area contributed by atoms with Crippen LogP contribution in [0, 0.1) is 13.8 Å². The van der Waals surface area contributed by atoms with Gasteiger partial charge in [0.1, 0.15) is 5.70 Å². The highest BCUT2D eigenvalue weighted by molar-refractivity contribution is 6.46. The van der Waals surface area contributed by atoms with E-state index in [4.69, 9.17) is 0 Å². The number of aryl methyl sites for hydroxylation is 2. The van der Waals surface area contributed by atoms with Crippen LogP contribution in [0.15, 0.2) is 72.4 Å². The number of hydrogen-bond donors (Lipinski definition) is 2. The summed E-state index contributed by atoms with van der Waals surface area (Å²) in [5, 5.41) is 5.89. The minimum Gasteiger partial charge on any atom is -0.378 e. The van der Waals surface area contributed by atoms with Crippen LogP contribution >= 0.6 is 0 Å². The average molecular weight is 469 g/mol. The topological polar surface area (TPSA) is 81.8 Å². The van der Waals surface area contributed by atoms with Crippen molar-refractivity contribution < 1.29 is 14.4 Å². The molecule has 0 saturated carbocycles. The summed E-state index contributed by atoms with van der Waals surface area (Å²) in [6.45, 7) is 5.40. The van der Waals surface area contributed by atoms with Crippen LogP contribution < -0.4 is 20.4 Å². The second kappa shape index (κ2) is 9.46. The summed E-state index contributed by atoms with van der Waals surface area (Å²) in [7, 11) is 3.91. The van der Waals surface area contributed by atoms with E-state index in [1.165, 1.54) is 11.8 Å². The Bertz CT molecular complexity index is 1340. The van der Waals surface area contributed by atoms with Gasteiger partial charge in [0.05, 0.1) is 11.3 Å². The van der Waals surface area contributed by atoms with E-state index in [1.54, 1.807) is 24.3 Å². The van der Waals surface area contributed by atoms with Crippen molar-refractivity contribution in [1.29, 1.82) is 0 Å². The Kier molecular flexibility index (Phi) is 6.42. The second-order valence-electron chi connectivity index (χ2n) is 8.79. The Labute approximate surface area is 205 Å². The number of rotatable bonds is 6. The molecular weight excluding hydrogens is 440 g/mol. The number of carbonyl (C=O) groups excluding carboxylic acids is 3. The first-order chi connectivity index (χ1) is 16.7. The van der Waals surface area contributed by atoms with Gasteiger partial charge in [-0.15, -0.1) is 0 Å². The van der Waals surface area contributed by atoms with E-state index in [0.717, 1.165) is 16.8 Å². The van der Waals surface area contributed by atoms with Gasteiger partial charge in [0.15, 0.2) is 0 Å². The van der Waals surface area contributed by atoms with Crippen LogP contribution in [0.25, 0.3) is 5.57 Å². The Morgan fingerprint density at radius 3 is 2.00 bits per heavy atom. The molecule has 3 amide bonds. The third kappa shape index (κ3) is 4.80. The largest absolute Gasteiger partial charge is 0.378 e. The van der Waals surface area contributed by atoms with Gasteiger partial charge < -0.3 is 15.5 Å². The van der Waals surface area contributed by atoms with E-state index in [-0.39, 0.29) is 11.6 Å². The SMILES string of the molecule is CC(=O)Nc1ccc(N2C(=O)C(Nc3ccc(N(C)C)cc3)=C(c3ccc(C)c(C)c3)C2=O)cc1. The normalized spacial score (nSPS) is 13.3. The van der Waals surface area contributed by atoms with E-state index in [2.05, 4.69) is 10.6 Å². The molecule has 1 heterocycles. The van der Waals surface area contributed by atoms with Gasteiger partial charge in [0.2, 0.25) is 5.91 Å². The highest BCUT2D eigenvalue weighted by Crippen LogP contribution is 2.35. The molecule has 0 radical (unpaired) electrons. The number of hydrogen-bond acceptors (Lipinski definition) is 5. The van der Waals surface area contributed by atoms with Crippen LogP contribution in [0.3, 0.4) is 0 Å². The first-order valence-corrected chi connectivity index (χ1v) is 11.3. The number of nitrogens with one attached hydrogen (secondary N) is 2. The fraction of sp³-hybridized carbons (Fsp3) is 0.179. The van der Waals surface area contributed by atoms with Gasteiger partial charge in [-0.05, 0) is 79.1 Å². The molecule has 1 aliphatic rings. The van der Waals surface area contributed by atoms with Crippen molar-refractivity contribution >= 4 is 46.0 Å². The fourth-order valence-electron chi connectivity index (χ4n) is 3.93. The van der Waals surface area contributed by atoms with Crippen LogP contribution in [0.4, 0.5) is 22.7 Å². The summed E-state index contributed by atoms with van der Waals surface area (Å²) in [5.74, 6) is -1.04. The molecule has 2 N–H and O–H groups in total. The summed E-state index contributed by atoms with van der Waals surface area (Å²) in [5.41, 5.74) is 6.09. The molecule has 0 aromatic heterocycles. The standard InChI is InChI=1S/C28H28N4O3/c1-17-6-7-20(16-18(17)2)25-26(30-22-8-12-23(13-9-22)31(4)5)28(35)32(27(25)34)24-14-10-21(11-15-24)29-19(3)33/h6-16,30H,1-5H3,(H,29,33). The lowest BCUT2D eigenvalue weighted by Crippen LogP contribution is -2.32. The Balaban J connectivity index is 1.75. The first kappa shape index (κ1) is 23.8. The van der Waals surface area contributed by atoms with Gasteiger partial charge in [-0.3, -0.25) is 14.4 Å². The lowest BCUT2D eigenvalue weighted by atomic mass is 9.99. The lowest BCUT2D eigenvalue weighted by molar-refractivity contribution is -0.120. The number of imide groups is 1. The highest BCUT2D eigenvalue weighted by Gasteiger charge is 2.40. The zero-order valence-electron chi connectivity index (χ0n) is 20.5. The Morgan fingerprint density at radius 1 is 0.800 bits per heavy atom. The molecule has 0 bridgehead atoms. The molecule has 3 aromatic carbocycles. The zero-order valence-corrected chi connectivity index (χ0v) is 20.5. The molecule has 4 rings (SSSR count). The molecule has 35 heavy (non-hydrogen) atoms. The number of anilines is 4. The van der Waals surface area contributed by atoms with E-state index in [9.17, 15) is 14.4 Å². The number of carbonyl (C=O) groups is 3. The molecule has 1 aliphatic heterocycles. The van der Waals surface area contributed by atoms with E-state index < -0.39 is 11.8 Å². The van der Waals surface area contributed by atoms with Crippen molar-refractivity contribution in [1.82, 2.24) is 0 Å². The molecule has 0 saturated heterocycles. The van der Waals surface area contributed by atoms with E-state index in [0.29, 0.717) is 28.2 Å². The summed E-state index contributed by atoms with van der Waals surface area (Å²) >= 11 is 0. The van der Waals surface area contributed by atoms with Gasteiger partial charge in [0.25, 0.3) is 11.8 Å². The van der Waals surface area contributed by atoms with Crippen molar-refractivity contribution in [2.24, 2.45) is 0 Å². The van der Waals surface area contributed by atoms with Gasteiger partial charge in [-0.25, -0.2) is 4.90 Å². The van der Waals surface area contributed by atoms with Crippen LogP contribution in [0.5, 0.6) is 0 Å². The van der Waals surface area contributed by atoms with Crippen molar-refractivity contribution in [2.75, 3.05) is 34.5 Å². The molecule has 0 atom stereocenters. The second-order valence-corrected chi connectivity index (χ2v) is 8.79. The van der Waals surface area contributed by atoms with Gasteiger partial charge in [-0.2, -0.15) is 0 Å². The third-order valence-corrected chi connectivity index (χ3v) is 5.98. The van der Waals surface area contributed by atoms with Gasteiger partial charge >= 0.3 is 0 Å². The molecule has 0 aliphatic carbocycles. The minimum absolute atomic E-state index is 0.198. The molecule has 0 fully saturated rings. The molecular formula is C28H28N4O3. The molecule has 0 spiro atoms. The quantitative estimate of drug-likeness (QED) is 0.512. The van der Waals surface area contributed by atoms with Crippen molar-refractivity contribution in [3.8, 4) is 0 Å². The maximum absolute atomic E-state index is 13.7. The van der Waals surface area contributed by atoms with Crippen molar-refractivity contribution in [3.63, 3.8) is 0 Å². The summed E-state index contributed by atoms with van der Waals surface area (Å²) in [6, 6.07) is 20.0. The molecule has 7 nitrogen and oxygen atoms in total. The van der Waals surface area contributed by atoms with Crippen molar-refractivity contribution in [3.05, 3.63) is 89.1 Å². The smallest absolute Gasteiger partial charge is 0.282 e. The lowest BCUT2D eigenvalue weighted by Gasteiger charge is -2.16. The fourth-order valence-corrected chi connectivity index (χ4v) is 3.93. The summed E-state index contributed by atoms with van der Waals surface area (Å²) in [4.78, 5) is 41.7. The third-order valence-electron chi connectivity index (χ3n) is 5.98. The Morgan fingerprint density at radius 2 is 1.43 bits per heavy atom. The minimum atomic E-state index is -0.438. The molecule has 7 heteroatoms. The number of amides is 3. The van der Waals surface area contributed by atoms with Gasteiger partial charge in [-0.1, -0.05) is 18.2 Å². The Hall–Kier alpha value is -4.39. The molecule has 3 aromatic rings. The zero-order chi connectivity index (χ0) is 25.3. The predicted octanol–water partition coefficient (Wildman–Crippen LogP) is 4.72. The number of benzene rings is 3. The first-order valence-electron chi connectivity index (χ1n) is 11.3. The highest BCUT2D eigenvalue weighted by atomic mass is 16.2. The average Bonchev–Trinajstić information content (AvgIpc) is 3.05. The maximum atomic E-state index is 13.7. The molecule has 178 valence electrons. The van der Waals surface area contributed by atoms with Gasteiger partial charge in [0, 0.05) is 38.1 Å². The van der Waals surface area contributed by atoms with Crippen molar-refractivity contribution in [2.45, 2.75) is 20.8 Å². The van der Waals surface area contributed by atoms with Crippen LogP contribution in [0.1, 0.15) is 23.6 Å². The number of nitrogens with zero attached hydrogens (tertiary/aromatic N) is 2. The van der Waals surface area contributed by atoms with Crippen LogP contribution in [-0.2, 0) is 14.4 Å². The maximum Gasteiger partial charge on any atom is 0.282 e. The molecule has 0 unspecified atom stereocenters.